The lowest BCUT2D eigenvalue weighted by Crippen LogP contribution is -2.13. The normalized spacial score (nSPS) is 11.0. The Balaban J connectivity index is 2.41. The van der Waals surface area contributed by atoms with Crippen LogP contribution in [0.3, 0.4) is 0 Å². The molecule has 0 aliphatic heterocycles. The lowest BCUT2D eigenvalue weighted by atomic mass is 10.2. The first kappa shape index (κ1) is 15.8. The van der Waals surface area contributed by atoms with Crippen LogP contribution >= 0.6 is 27.5 Å². The van der Waals surface area contributed by atoms with Gasteiger partial charge in [-0.25, -0.2) is 12.8 Å². The van der Waals surface area contributed by atoms with E-state index >= 15 is 0 Å². The molecule has 0 saturated heterocycles. The number of hydrogen-bond acceptors (Lipinski definition) is 3. The Labute approximate surface area is 134 Å². The van der Waals surface area contributed by atoms with Crippen molar-refractivity contribution >= 4 is 43.2 Å². The fourth-order valence-electron chi connectivity index (χ4n) is 1.53. The fraction of sp³-hybridized carbons (Fsp3) is 0. The highest BCUT2D eigenvalue weighted by molar-refractivity contribution is 9.10. The van der Waals surface area contributed by atoms with Crippen LogP contribution in [0.4, 0.5) is 10.1 Å². The molecule has 21 heavy (non-hydrogen) atoms. The summed E-state index contributed by atoms with van der Waals surface area (Å²) in [5.41, 5.74) is -0.164. The van der Waals surface area contributed by atoms with Crippen molar-refractivity contribution in [3.63, 3.8) is 0 Å². The number of nitriles is 1. The summed E-state index contributed by atoms with van der Waals surface area (Å²) in [6.45, 7) is 0. The van der Waals surface area contributed by atoms with Gasteiger partial charge in [-0.15, -0.1) is 0 Å². The Hall–Kier alpha value is -1.62. The van der Waals surface area contributed by atoms with Crippen LogP contribution in [0.25, 0.3) is 0 Å². The smallest absolute Gasteiger partial charge is 0.261 e. The molecule has 108 valence electrons. The molecule has 0 aromatic heterocycles. The van der Waals surface area contributed by atoms with Gasteiger partial charge in [-0.05, 0) is 36.4 Å². The topological polar surface area (TPSA) is 70.0 Å². The molecule has 4 nitrogen and oxygen atoms in total. The van der Waals surface area contributed by atoms with Crippen molar-refractivity contribution < 1.29 is 12.8 Å². The van der Waals surface area contributed by atoms with E-state index in [9.17, 15) is 12.8 Å². The predicted molar refractivity (Wildman–Crippen MR) is 81.1 cm³/mol. The largest absolute Gasteiger partial charge is 0.278 e. The van der Waals surface area contributed by atoms with Gasteiger partial charge < -0.3 is 0 Å². The van der Waals surface area contributed by atoms with E-state index in [1.807, 2.05) is 0 Å². The zero-order valence-corrected chi connectivity index (χ0v) is 13.4. The Bertz CT molecular complexity index is 850. The van der Waals surface area contributed by atoms with Crippen LogP contribution in [-0.2, 0) is 10.0 Å². The minimum absolute atomic E-state index is 0.183. The van der Waals surface area contributed by atoms with E-state index in [2.05, 4.69) is 20.7 Å². The van der Waals surface area contributed by atoms with Crippen molar-refractivity contribution in [2.75, 3.05) is 4.72 Å². The summed E-state index contributed by atoms with van der Waals surface area (Å²) in [6, 6.07) is 9.19. The summed E-state index contributed by atoms with van der Waals surface area (Å²) in [7, 11) is -3.97. The molecule has 0 aliphatic rings. The summed E-state index contributed by atoms with van der Waals surface area (Å²) in [4.78, 5) is -0.223. The van der Waals surface area contributed by atoms with Gasteiger partial charge in [0, 0.05) is 4.47 Å². The number of hydrogen-bond donors (Lipinski definition) is 1. The molecule has 2 aromatic rings. The third-order valence-corrected chi connectivity index (χ3v) is 4.71. The number of benzene rings is 2. The minimum Gasteiger partial charge on any atom is -0.278 e. The van der Waals surface area contributed by atoms with Crippen molar-refractivity contribution in [3.05, 3.63) is 57.3 Å². The predicted octanol–water partition coefficient (Wildman–Crippen LogP) is 3.91. The first-order valence-corrected chi connectivity index (χ1v) is 8.16. The summed E-state index contributed by atoms with van der Waals surface area (Å²) in [6.07, 6.45) is 0. The molecule has 0 bridgehead atoms. The number of anilines is 1. The second kappa shape index (κ2) is 6.02. The monoisotopic (exact) mass is 388 g/mol. The third-order valence-electron chi connectivity index (χ3n) is 2.54. The molecular weight excluding hydrogens is 383 g/mol. The number of nitrogens with one attached hydrogen (secondary N) is 1. The third kappa shape index (κ3) is 3.53. The second-order valence-electron chi connectivity index (χ2n) is 3.98. The van der Waals surface area contributed by atoms with Crippen molar-refractivity contribution in [1.29, 1.82) is 5.26 Å². The molecule has 8 heteroatoms. The highest BCUT2D eigenvalue weighted by Gasteiger charge is 2.17. The summed E-state index contributed by atoms with van der Waals surface area (Å²) >= 11 is 9.15. The quantitative estimate of drug-likeness (QED) is 0.865. The number of rotatable bonds is 3. The molecule has 0 spiro atoms. The van der Waals surface area contributed by atoms with Crippen LogP contribution in [0, 0.1) is 17.1 Å². The fourth-order valence-corrected chi connectivity index (χ4v) is 3.42. The molecule has 0 aliphatic carbocycles. The van der Waals surface area contributed by atoms with Gasteiger partial charge >= 0.3 is 0 Å². The standard InChI is InChI=1S/C13H7BrClFN2O2S/c14-9-1-4-13(11(15)6-9)18-21(19,20)10-2-3-12(16)8(5-10)7-17/h1-6,18H. The van der Waals surface area contributed by atoms with Crippen LogP contribution < -0.4 is 4.72 Å². The maximum Gasteiger partial charge on any atom is 0.261 e. The molecular formula is C13H7BrClFN2O2S. The zero-order chi connectivity index (χ0) is 15.6. The molecule has 2 rings (SSSR count). The Morgan fingerprint density at radius 3 is 2.57 bits per heavy atom. The summed E-state index contributed by atoms with van der Waals surface area (Å²) in [5.74, 6) is -0.780. The van der Waals surface area contributed by atoms with Crippen LogP contribution in [0.5, 0.6) is 0 Å². The van der Waals surface area contributed by atoms with Crippen LogP contribution in [0.1, 0.15) is 5.56 Å². The van der Waals surface area contributed by atoms with Crippen molar-refractivity contribution in [2.24, 2.45) is 0 Å². The average molecular weight is 390 g/mol. The van der Waals surface area contributed by atoms with Gasteiger partial charge in [0.05, 0.1) is 21.2 Å². The van der Waals surface area contributed by atoms with E-state index in [4.69, 9.17) is 16.9 Å². The second-order valence-corrected chi connectivity index (χ2v) is 6.99. The summed E-state index contributed by atoms with van der Waals surface area (Å²) in [5, 5.41) is 8.95. The molecule has 0 fully saturated rings. The van der Waals surface area contributed by atoms with Crippen LogP contribution in [-0.4, -0.2) is 8.42 Å². The Morgan fingerprint density at radius 1 is 1.24 bits per heavy atom. The van der Waals surface area contributed by atoms with Gasteiger partial charge in [-0.2, -0.15) is 5.26 Å². The van der Waals surface area contributed by atoms with E-state index in [1.165, 1.54) is 12.1 Å². The first-order valence-electron chi connectivity index (χ1n) is 5.51. The number of halogens is 3. The lowest BCUT2D eigenvalue weighted by Gasteiger charge is -2.10. The van der Waals surface area contributed by atoms with E-state index in [0.29, 0.717) is 4.47 Å². The maximum atomic E-state index is 13.2. The summed E-state index contributed by atoms with van der Waals surface area (Å²) < 4.78 is 40.6. The Morgan fingerprint density at radius 2 is 1.95 bits per heavy atom. The molecule has 1 N–H and O–H groups in total. The van der Waals surface area contributed by atoms with Gasteiger partial charge in [-0.3, -0.25) is 4.72 Å². The van der Waals surface area contributed by atoms with Gasteiger partial charge in [-0.1, -0.05) is 27.5 Å². The van der Waals surface area contributed by atoms with E-state index in [-0.39, 0.29) is 21.2 Å². The SMILES string of the molecule is N#Cc1cc(S(=O)(=O)Nc2ccc(Br)cc2Cl)ccc1F. The van der Waals surface area contributed by atoms with Gasteiger partial charge in [0.15, 0.2) is 0 Å². The molecule has 0 unspecified atom stereocenters. The van der Waals surface area contributed by atoms with Crippen molar-refractivity contribution in [3.8, 4) is 6.07 Å². The number of nitrogens with zero attached hydrogens (tertiary/aromatic N) is 1. The molecule has 0 atom stereocenters. The lowest BCUT2D eigenvalue weighted by molar-refractivity contribution is 0.599. The van der Waals surface area contributed by atoms with E-state index in [0.717, 1.165) is 18.2 Å². The van der Waals surface area contributed by atoms with Crippen LogP contribution in [0.15, 0.2) is 45.8 Å². The number of sulfonamides is 1. The molecule has 0 saturated carbocycles. The van der Waals surface area contributed by atoms with E-state index in [1.54, 1.807) is 12.1 Å². The molecule has 2 aromatic carbocycles. The zero-order valence-electron chi connectivity index (χ0n) is 10.3. The van der Waals surface area contributed by atoms with Crippen molar-refractivity contribution in [2.45, 2.75) is 4.90 Å². The van der Waals surface area contributed by atoms with Gasteiger partial charge in [0.25, 0.3) is 10.0 Å². The minimum atomic E-state index is -3.97. The highest BCUT2D eigenvalue weighted by Crippen LogP contribution is 2.28. The maximum absolute atomic E-state index is 13.2. The molecule has 0 amide bonds. The van der Waals surface area contributed by atoms with Gasteiger partial charge in [0.2, 0.25) is 0 Å². The molecule has 0 radical (unpaired) electrons. The highest BCUT2D eigenvalue weighted by atomic mass is 79.9. The van der Waals surface area contributed by atoms with E-state index < -0.39 is 15.8 Å². The average Bonchev–Trinajstić information content (AvgIpc) is 2.42. The van der Waals surface area contributed by atoms with Crippen LogP contribution in [0.2, 0.25) is 5.02 Å². The molecule has 0 heterocycles. The first-order chi connectivity index (χ1) is 9.83. The van der Waals surface area contributed by atoms with Crippen molar-refractivity contribution in [1.82, 2.24) is 0 Å². The Kier molecular flexibility index (Phi) is 4.52. The van der Waals surface area contributed by atoms with Gasteiger partial charge in [0.1, 0.15) is 11.9 Å².